The van der Waals surface area contributed by atoms with Crippen molar-refractivity contribution in [3.63, 3.8) is 0 Å². The molecule has 0 aliphatic rings. The molecule has 0 amide bonds. The number of nitrogens with zero attached hydrogens (tertiary/aromatic N) is 1. The molecule has 1 aromatic carbocycles. The zero-order valence-electron chi connectivity index (χ0n) is 11.6. The van der Waals surface area contributed by atoms with Gasteiger partial charge in [0.1, 0.15) is 11.6 Å². The fourth-order valence-electron chi connectivity index (χ4n) is 1.98. The Balaban J connectivity index is 2.28. The molecule has 1 atom stereocenters. The van der Waals surface area contributed by atoms with Crippen LogP contribution in [0.1, 0.15) is 34.8 Å². The van der Waals surface area contributed by atoms with E-state index < -0.39 is 15.1 Å². The molecule has 0 aliphatic carbocycles. The molecule has 0 radical (unpaired) electrons. The molecule has 4 nitrogen and oxygen atoms in total. The van der Waals surface area contributed by atoms with Crippen LogP contribution in [-0.4, -0.2) is 13.6 Å². The number of halogens is 1. The Labute approximate surface area is 117 Å². The number of aryl methyl sites for hydroxylation is 2. The molecule has 2 aromatic rings. The fourth-order valence-corrected chi connectivity index (χ4v) is 3.61. The lowest BCUT2D eigenvalue weighted by Crippen LogP contribution is -2.13. The van der Waals surface area contributed by atoms with E-state index >= 15 is 0 Å². The van der Waals surface area contributed by atoms with Gasteiger partial charge in [-0.1, -0.05) is 17.3 Å². The molecule has 0 saturated carbocycles. The third kappa shape index (κ3) is 2.90. The minimum atomic E-state index is -3.42. The van der Waals surface area contributed by atoms with Gasteiger partial charge in [-0.25, -0.2) is 12.8 Å². The number of benzene rings is 1. The summed E-state index contributed by atoms with van der Waals surface area (Å²) in [5.74, 6) is -0.00589. The van der Waals surface area contributed by atoms with Crippen LogP contribution in [0.5, 0.6) is 0 Å². The van der Waals surface area contributed by atoms with E-state index in [4.69, 9.17) is 4.52 Å². The van der Waals surface area contributed by atoms with E-state index in [2.05, 4.69) is 5.16 Å². The summed E-state index contributed by atoms with van der Waals surface area (Å²) in [4.78, 5) is 0. The van der Waals surface area contributed by atoms with Crippen molar-refractivity contribution in [1.82, 2.24) is 5.16 Å². The number of hydrogen-bond donors (Lipinski definition) is 0. The van der Waals surface area contributed by atoms with E-state index in [0.29, 0.717) is 22.6 Å². The van der Waals surface area contributed by atoms with E-state index in [9.17, 15) is 12.8 Å². The van der Waals surface area contributed by atoms with E-state index in [1.54, 1.807) is 20.8 Å². The quantitative estimate of drug-likeness (QED) is 0.870. The van der Waals surface area contributed by atoms with Crippen molar-refractivity contribution in [2.75, 3.05) is 0 Å². The molecule has 0 fully saturated rings. The first-order chi connectivity index (χ1) is 9.31. The first-order valence-electron chi connectivity index (χ1n) is 6.20. The first kappa shape index (κ1) is 14.7. The van der Waals surface area contributed by atoms with Gasteiger partial charge in [-0.05, 0) is 38.5 Å². The fraction of sp³-hybridized carbons (Fsp3) is 0.357. The maximum atomic E-state index is 12.9. The van der Waals surface area contributed by atoms with Gasteiger partial charge in [0.25, 0.3) is 0 Å². The topological polar surface area (TPSA) is 60.2 Å². The predicted octanol–water partition coefficient (Wildman–Crippen LogP) is 3.11. The Morgan fingerprint density at radius 2 is 1.85 bits per heavy atom. The minimum absolute atomic E-state index is 0.132. The molecule has 1 aromatic heterocycles. The van der Waals surface area contributed by atoms with Gasteiger partial charge in [-0.2, -0.15) is 0 Å². The molecule has 2 rings (SSSR count). The Kier molecular flexibility index (Phi) is 3.94. The smallest absolute Gasteiger partial charge is 0.161 e. The normalized spacial score (nSPS) is 13.4. The van der Waals surface area contributed by atoms with Gasteiger partial charge in [-0.3, -0.25) is 0 Å². The number of hydrogen-bond acceptors (Lipinski definition) is 4. The van der Waals surface area contributed by atoms with Crippen LogP contribution in [0.25, 0.3) is 0 Å². The van der Waals surface area contributed by atoms with Crippen LogP contribution in [-0.2, 0) is 15.6 Å². The van der Waals surface area contributed by atoms with Gasteiger partial charge in [0.05, 0.1) is 16.7 Å². The molecule has 0 saturated heterocycles. The Hall–Kier alpha value is -1.69. The summed E-state index contributed by atoms with van der Waals surface area (Å²) < 4.78 is 42.7. The molecule has 0 spiro atoms. The van der Waals surface area contributed by atoms with Crippen molar-refractivity contribution in [2.24, 2.45) is 0 Å². The molecule has 20 heavy (non-hydrogen) atoms. The van der Waals surface area contributed by atoms with E-state index in [1.807, 2.05) is 0 Å². The maximum Gasteiger partial charge on any atom is 0.161 e. The lowest BCUT2D eigenvalue weighted by molar-refractivity contribution is 0.392. The van der Waals surface area contributed by atoms with Crippen LogP contribution in [0.3, 0.4) is 0 Å². The summed E-state index contributed by atoms with van der Waals surface area (Å²) in [5, 5.41) is 3.04. The van der Waals surface area contributed by atoms with Crippen LogP contribution < -0.4 is 0 Å². The highest BCUT2D eigenvalue weighted by molar-refractivity contribution is 7.90. The minimum Gasteiger partial charge on any atom is -0.361 e. The van der Waals surface area contributed by atoms with Crippen molar-refractivity contribution in [3.05, 3.63) is 52.7 Å². The SMILES string of the molecule is Cc1noc(C)c1CS(=O)(=O)[C@H](C)c1ccc(F)cc1. The highest BCUT2D eigenvalue weighted by atomic mass is 32.2. The average Bonchev–Trinajstić information content (AvgIpc) is 2.70. The molecular weight excluding hydrogens is 281 g/mol. The van der Waals surface area contributed by atoms with Gasteiger partial charge < -0.3 is 4.52 Å². The van der Waals surface area contributed by atoms with Crippen LogP contribution in [0.2, 0.25) is 0 Å². The van der Waals surface area contributed by atoms with Gasteiger partial charge in [0.15, 0.2) is 9.84 Å². The molecule has 1 heterocycles. The monoisotopic (exact) mass is 297 g/mol. The highest BCUT2D eigenvalue weighted by Gasteiger charge is 2.26. The largest absolute Gasteiger partial charge is 0.361 e. The van der Waals surface area contributed by atoms with Crippen molar-refractivity contribution in [1.29, 1.82) is 0 Å². The van der Waals surface area contributed by atoms with Crippen molar-refractivity contribution in [2.45, 2.75) is 31.8 Å². The number of sulfone groups is 1. The van der Waals surface area contributed by atoms with Crippen LogP contribution >= 0.6 is 0 Å². The lowest BCUT2D eigenvalue weighted by Gasteiger charge is -2.13. The zero-order chi connectivity index (χ0) is 14.9. The van der Waals surface area contributed by atoms with E-state index in [0.717, 1.165) is 0 Å². The summed E-state index contributed by atoms with van der Waals surface area (Å²) in [7, 11) is -3.42. The molecule has 0 N–H and O–H groups in total. The van der Waals surface area contributed by atoms with Crippen LogP contribution in [0.4, 0.5) is 4.39 Å². The van der Waals surface area contributed by atoms with Crippen molar-refractivity contribution < 1.29 is 17.3 Å². The van der Waals surface area contributed by atoms with E-state index in [-0.39, 0.29) is 11.6 Å². The number of aromatic nitrogens is 1. The summed E-state index contributed by atoms with van der Waals surface area (Å²) in [6.07, 6.45) is 0. The lowest BCUT2D eigenvalue weighted by atomic mass is 10.2. The number of rotatable bonds is 4. The Morgan fingerprint density at radius 3 is 2.35 bits per heavy atom. The summed E-state index contributed by atoms with van der Waals surface area (Å²) in [5.41, 5.74) is 1.74. The molecular formula is C14H16FNO3S. The second kappa shape index (κ2) is 5.36. The molecule has 0 bridgehead atoms. The van der Waals surface area contributed by atoms with Gasteiger partial charge >= 0.3 is 0 Å². The first-order valence-corrected chi connectivity index (χ1v) is 7.91. The highest BCUT2D eigenvalue weighted by Crippen LogP contribution is 2.27. The molecule has 0 unspecified atom stereocenters. The third-order valence-electron chi connectivity index (χ3n) is 3.40. The summed E-state index contributed by atoms with van der Waals surface area (Å²) in [6, 6.07) is 5.50. The third-order valence-corrected chi connectivity index (χ3v) is 5.45. The Bertz CT molecular complexity index is 685. The average molecular weight is 297 g/mol. The zero-order valence-corrected chi connectivity index (χ0v) is 12.4. The van der Waals surface area contributed by atoms with Gasteiger partial charge in [-0.15, -0.1) is 0 Å². The molecule has 6 heteroatoms. The standard InChI is InChI=1S/C14H16FNO3S/c1-9-14(10(2)19-16-9)8-20(17,18)11(3)12-4-6-13(15)7-5-12/h4-7,11H,8H2,1-3H3/t11-/m1/s1. The molecule has 108 valence electrons. The Morgan fingerprint density at radius 1 is 1.25 bits per heavy atom. The van der Waals surface area contributed by atoms with Crippen molar-refractivity contribution in [3.8, 4) is 0 Å². The van der Waals surface area contributed by atoms with Gasteiger partial charge in [0.2, 0.25) is 0 Å². The second-order valence-electron chi connectivity index (χ2n) is 4.80. The molecule has 0 aliphatic heterocycles. The van der Waals surface area contributed by atoms with Crippen LogP contribution in [0, 0.1) is 19.7 Å². The van der Waals surface area contributed by atoms with Gasteiger partial charge in [0, 0.05) is 5.56 Å². The van der Waals surface area contributed by atoms with Crippen LogP contribution in [0.15, 0.2) is 28.8 Å². The second-order valence-corrected chi connectivity index (χ2v) is 7.13. The predicted molar refractivity (Wildman–Crippen MR) is 73.4 cm³/mol. The summed E-state index contributed by atoms with van der Waals surface area (Å²) >= 11 is 0. The summed E-state index contributed by atoms with van der Waals surface area (Å²) in [6.45, 7) is 5.00. The maximum absolute atomic E-state index is 12.9. The van der Waals surface area contributed by atoms with Crippen molar-refractivity contribution >= 4 is 9.84 Å². The van der Waals surface area contributed by atoms with E-state index in [1.165, 1.54) is 24.3 Å².